The number of aryl methyl sites for hydroxylation is 1. The first-order chi connectivity index (χ1) is 13.3. The fourth-order valence-corrected chi connectivity index (χ4v) is 3.79. The maximum atomic E-state index is 13.0. The quantitative estimate of drug-likeness (QED) is 0.543. The molecule has 0 aliphatic carbocycles. The molecule has 0 saturated carbocycles. The second kappa shape index (κ2) is 8.52. The van der Waals surface area contributed by atoms with Gasteiger partial charge in [-0.3, -0.25) is 10.1 Å². The summed E-state index contributed by atoms with van der Waals surface area (Å²) < 4.78 is 2.55. The zero-order valence-electron chi connectivity index (χ0n) is 14.8. The molecule has 2 amide bonds. The molecule has 2 aromatic heterocycles. The van der Waals surface area contributed by atoms with Crippen molar-refractivity contribution in [2.75, 3.05) is 12.4 Å². The molecule has 0 fully saturated rings. The van der Waals surface area contributed by atoms with E-state index in [1.807, 2.05) is 13.0 Å². The van der Waals surface area contributed by atoms with Crippen LogP contribution in [-0.2, 0) is 0 Å². The van der Waals surface area contributed by atoms with E-state index in [0.29, 0.717) is 26.7 Å². The van der Waals surface area contributed by atoms with Gasteiger partial charge in [0.2, 0.25) is 0 Å². The van der Waals surface area contributed by atoms with E-state index < -0.39 is 5.91 Å². The Morgan fingerprint density at radius 3 is 2.68 bits per heavy atom. The number of benzene rings is 1. The monoisotopic (exact) mass is 526 g/mol. The number of carbonyl (C=O) groups is 2. The topological polar surface area (TPSA) is 93.5 Å². The van der Waals surface area contributed by atoms with Crippen LogP contribution in [0.4, 0.5) is 5.69 Å². The third-order valence-electron chi connectivity index (χ3n) is 3.92. The van der Waals surface area contributed by atoms with Crippen molar-refractivity contribution in [2.24, 2.45) is 0 Å². The maximum absolute atomic E-state index is 13.0. The van der Waals surface area contributed by atoms with Gasteiger partial charge in [0.05, 0.1) is 17.8 Å². The lowest BCUT2D eigenvalue weighted by molar-refractivity contribution is -0.523. The Labute approximate surface area is 182 Å². The van der Waals surface area contributed by atoms with E-state index in [1.165, 1.54) is 10.00 Å². The van der Waals surface area contributed by atoms with Crippen LogP contribution in [0.25, 0.3) is 5.82 Å². The van der Waals surface area contributed by atoms with E-state index >= 15 is 0 Å². The Bertz CT molecular complexity index is 1080. The highest BCUT2D eigenvalue weighted by atomic mass is 79.9. The normalized spacial score (nSPS) is 10.8. The minimum Gasteiger partial charge on any atom is -0.319 e. The predicted molar refractivity (Wildman–Crippen MR) is 113 cm³/mol. The molecule has 0 radical (unpaired) electrons. The smallest absolute Gasteiger partial charge is 0.319 e. The van der Waals surface area contributed by atoms with Gasteiger partial charge in [0, 0.05) is 16.7 Å². The summed E-state index contributed by atoms with van der Waals surface area (Å²) in [6.07, 6.45) is 1.56. The molecule has 3 N–H and O–H groups in total. The van der Waals surface area contributed by atoms with Crippen molar-refractivity contribution in [2.45, 2.75) is 6.92 Å². The second-order valence-electron chi connectivity index (χ2n) is 5.83. The van der Waals surface area contributed by atoms with Crippen LogP contribution in [0.2, 0.25) is 5.02 Å². The van der Waals surface area contributed by atoms with E-state index in [0.717, 1.165) is 10.0 Å². The first-order valence-corrected chi connectivity index (χ1v) is 10.1. The number of hydrogen-bond acceptors (Lipinski definition) is 4. The zero-order valence-corrected chi connectivity index (χ0v) is 18.8. The molecule has 3 rings (SSSR count). The van der Waals surface area contributed by atoms with Crippen molar-refractivity contribution >= 4 is 61.0 Å². The third-order valence-corrected chi connectivity index (χ3v) is 5.06. The average molecular weight is 529 g/mol. The summed E-state index contributed by atoms with van der Waals surface area (Å²) in [5.41, 5.74) is 1.79. The Kier molecular flexibility index (Phi) is 6.29. The Hall–Kier alpha value is -2.07. The summed E-state index contributed by atoms with van der Waals surface area (Å²) in [6, 6.07) is 8.41. The Balaban J connectivity index is 2.05. The average Bonchev–Trinajstić information content (AvgIpc) is 3.05. The largest absolute Gasteiger partial charge is 0.344 e. The van der Waals surface area contributed by atoms with Gasteiger partial charge < -0.3 is 5.32 Å². The maximum Gasteiger partial charge on any atom is 0.344 e. The number of nitrogens with zero attached hydrogens (tertiary/aromatic N) is 3. The van der Waals surface area contributed by atoms with E-state index in [2.05, 4.69) is 47.3 Å². The number of anilines is 1. The lowest BCUT2D eigenvalue weighted by Gasteiger charge is -2.13. The first-order valence-electron chi connectivity index (χ1n) is 8.13. The van der Waals surface area contributed by atoms with Crippen molar-refractivity contribution < 1.29 is 14.9 Å². The summed E-state index contributed by atoms with van der Waals surface area (Å²) in [5.74, 6) is -0.316. The van der Waals surface area contributed by atoms with Crippen LogP contribution >= 0.6 is 43.5 Å². The molecule has 0 unspecified atom stereocenters. The lowest BCUT2D eigenvalue weighted by Crippen LogP contribution is -2.83. The van der Waals surface area contributed by atoms with Gasteiger partial charge in [0.1, 0.15) is 15.9 Å². The molecule has 0 aliphatic rings. The van der Waals surface area contributed by atoms with Gasteiger partial charge in [-0.1, -0.05) is 27.5 Å². The number of nitrogens with two attached hydrogens (primary N) is 1. The molecule has 0 bridgehead atoms. The number of aromatic nitrogens is 3. The molecule has 0 aliphatic heterocycles. The van der Waals surface area contributed by atoms with Crippen LogP contribution in [0, 0.1) is 6.92 Å². The van der Waals surface area contributed by atoms with Crippen molar-refractivity contribution in [3.8, 4) is 5.82 Å². The van der Waals surface area contributed by atoms with Gasteiger partial charge in [-0.2, -0.15) is 5.10 Å². The number of halogens is 3. The van der Waals surface area contributed by atoms with E-state index in [9.17, 15) is 9.59 Å². The summed E-state index contributed by atoms with van der Waals surface area (Å²) in [6.45, 7) is 1.82. The summed E-state index contributed by atoms with van der Waals surface area (Å²) >= 11 is 12.9. The van der Waals surface area contributed by atoms with E-state index in [-0.39, 0.29) is 11.6 Å². The van der Waals surface area contributed by atoms with Gasteiger partial charge >= 0.3 is 5.91 Å². The first kappa shape index (κ1) is 20.7. The SMILES string of the molecule is C[NH2+]C(=O)c1cc(Br)cc(C)c1NC(=O)c1cc(Br)nn1-c1ncccc1Cl. The molecule has 28 heavy (non-hydrogen) atoms. The van der Waals surface area contributed by atoms with Crippen molar-refractivity contribution in [1.29, 1.82) is 0 Å². The summed E-state index contributed by atoms with van der Waals surface area (Å²) in [4.78, 5) is 29.6. The number of carbonyl (C=O) groups excluding carboxylic acids is 2. The highest BCUT2D eigenvalue weighted by Crippen LogP contribution is 2.27. The van der Waals surface area contributed by atoms with Gasteiger partial charge in [-0.05, 0) is 52.7 Å². The molecule has 3 aromatic rings. The number of quaternary nitrogens is 1. The van der Waals surface area contributed by atoms with E-state index in [1.54, 1.807) is 37.5 Å². The highest BCUT2D eigenvalue weighted by Gasteiger charge is 2.23. The molecule has 2 heterocycles. The number of primary amides is 1. The Morgan fingerprint density at radius 2 is 2.00 bits per heavy atom. The molecule has 1 aromatic carbocycles. The molecule has 10 heteroatoms. The fraction of sp³-hybridized carbons (Fsp3) is 0.111. The van der Waals surface area contributed by atoms with Gasteiger partial charge in [0.15, 0.2) is 5.82 Å². The fourth-order valence-electron chi connectivity index (χ4n) is 2.65. The van der Waals surface area contributed by atoms with Crippen LogP contribution < -0.4 is 10.6 Å². The van der Waals surface area contributed by atoms with Gasteiger partial charge in [-0.15, -0.1) is 0 Å². The summed E-state index contributed by atoms with van der Waals surface area (Å²) in [5, 5.41) is 8.89. The number of nitrogens with one attached hydrogen (secondary N) is 1. The number of hydrogen-bond donors (Lipinski definition) is 2. The Morgan fingerprint density at radius 1 is 1.25 bits per heavy atom. The minimum atomic E-state index is -0.449. The van der Waals surface area contributed by atoms with Crippen LogP contribution in [0.1, 0.15) is 26.4 Å². The van der Waals surface area contributed by atoms with Crippen LogP contribution in [0.3, 0.4) is 0 Å². The molecular weight excluding hydrogens is 513 g/mol. The minimum absolute atomic E-state index is 0.192. The standard InChI is InChI=1S/C18H14Br2ClN5O2/c1-9-6-10(19)7-11(17(27)22-2)15(9)24-18(28)13-8-14(20)25-26(13)16-12(21)4-3-5-23-16/h3-8H,1-2H3,(H,22,27)(H,24,28)/p+1. The second-order valence-corrected chi connectivity index (χ2v) is 7.96. The molecule has 144 valence electrons. The number of amides is 2. The third kappa shape index (κ3) is 4.17. The van der Waals surface area contributed by atoms with Crippen LogP contribution in [0.15, 0.2) is 45.6 Å². The van der Waals surface area contributed by atoms with Crippen molar-refractivity contribution in [3.05, 3.63) is 67.4 Å². The lowest BCUT2D eigenvalue weighted by atomic mass is 10.1. The van der Waals surface area contributed by atoms with Crippen LogP contribution in [0.5, 0.6) is 0 Å². The molecule has 0 saturated heterocycles. The van der Waals surface area contributed by atoms with Gasteiger partial charge in [-0.25, -0.2) is 14.5 Å². The van der Waals surface area contributed by atoms with Crippen molar-refractivity contribution in [3.63, 3.8) is 0 Å². The number of pyridine rings is 1. The highest BCUT2D eigenvalue weighted by molar-refractivity contribution is 9.10. The number of rotatable bonds is 4. The zero-order chi connectivity index (χ0) is 20.4. The van der Waals surface area contributed by atoms with Crippen LogP contribution in [-0.4, -0.2) is 33.6 Å². The van der Waals surface area contributed by atoms with Crippen molar-refractivity contribution in [1.82, 2.24) is 14.8 Å². The predicted octanol–water partition coefficient (Wildman–Crippen LogP) is 3.34. The molecule has 0 atom stereocenters. The summed E-state index contributed by atoms with van der Waals surface area (Å²) in [7, 11) is 1.65. The van der Waals surface area contributed by atoms with Gasteiger partial charge in [0.25, 0.3) is 5.91 Å². The molecule has 7 nitrogen and oxygen atoms in total. The molecule has 0 spiro atoms. The molecular formula is C18H15Br2ClN5O2+. The van der Waals surface area contributed by atoms with E-state index in [4.69, 9.17) is 11.6 Å².